The van der Waals surface area contributed by atoms with Gasteiger partial charge in [0.2, 0.25) is 0 Å². The molecule has 116 valence electrons. The van der Waals surface area contributed by atoms with Crippen LogP contribution in [-0.4, -0.2) is 32.2 Å². The van der Waals surface area contributed by atoms with Crippen molar-refractivity contribution in [3.05, 3.63) is 60.0 Å². The summed E-state index contributed by atoms with van der Waals surface area (Å²) < 4.78 is 6.96. The summed E-state index contributed by atoms with van der Waals surface area (Å²) in [6, 6.07) is 10.7. The number of carboxylic acid groups (broad SMARTS) is 1. The highest BCUT2D eigenvalue weighted by atomic mass is 35.5. The molecule has 0 fully saturated rings. The number of ether oxygens (including phenoxy) is 1. The first kappa shape index (κ1) is 15.1. The Morgan fingerprint density at radius 2 is 2.09 bits per heavy atom. The first-order valence-electron chi connectivity index (χ1n) is 6.74. The minimum absolute atomic E-state index is 0.317. The molecule has 0 bridgehead atoms. The summed E-state index contributed by atoms with van der Waals surface area (Å²) in [6.07, 6.45) is 5.17. The lowest BCUT2D eigenvalue weighted by Crippen LogP contribution is -2.09. The normalized spacial score (nSPS) is 10.5. The van der Waals surface area contributed by atoms with Crippen molar-refractivity contribution in [1.82, 2.24) is 14.5 Å². The predicted octanol–water partition coefficient (Wildman–Crippen LogP) is 3.05. The molecule has 0 aliphatic heterocycles. The second-order valence-corrected chi connectivity index (χ2v) is 5.04. The Kier molecular flexibility index (Phi) is 4.25. The van der Waals surface area contributed by atoms with E-state index in [0.717, 1.165) is 11.4 Å². The molecule has 0 saturated heterocycles. The van der Waals surface area contributed by atoms with Gasteiger partial charge in [0, 0.05) is 24.3 Å². The minimum atomic E-state index is -1.06. The van der Waals surface area contributed by atoms with Crippen LogP contribution >= 0.6 is 11.6 Å². The van der Waals surface area contributed by atoms with E-state index in [-0.39, 0.29) is 0 Å². The Bertz CT molecular complexity index is 834. The summed E-state index contributed by atoms with van der Waals surface area (Å²) in [6.45, 7) is -0.441. The van der Waals surface area contributed by atoms with Crippen LogP contribution in [0.3, 0.4) is 0 Å². The second-order valence-electron chi connectivity index (χ2n) is 4.63. The van der Waals surface area contributed by atoms with Crippen molar-refractivity contribution in [3.63, 3.8) is 0 Å². The largest absolute Gasteiger partial charge is 0.480 e. The standard InChI is InChI=1S/C16H12ClN3O3/c17-12-9-11(4-5-14(12)23-10-15(21)22)20-8-7-19-16(20)13-3-1-2-6-18-13/h1-9H,10H2,(H,21,22). The van der Waals surface area contributed by atoms with Crippen molar-refractivity contribution in [2.24, 2.45) is 0 Å². The third-order valence-corrected chi connectivity index (χ3v) is 3.37. The number of pyridine rings is 1. The second kappa shape index (κ2) is 6.50. The molecular weight excluding hydrogens is 318 g/mol. The Hall–Kier alpha value is -2.86. The molecule has 3 aromatic rings. The Labute approximate surface area is 137 Å². The van der Waals surface area contributed by atoms with E-state index in [2.05, 4.69) is 9.97 Å². The van der Waals surface area contributed by atoms with Gasteiger partial charge in [-0.3, -0.25) is 9.55 Å². The maximum absolute atomic E-state index is 10.6. The van der Waals surface area contributed by atoms with Gasteiger partial charge in [-0.05, 0) is 30.3 Å². The van der Waals surface area contributed by atoms with E-state index in [9.17, 15) is 4.79 Å². The van der Waals surface area contributed by atoms with E-state index in [1.54, 1.807) is 36.8 Å². The topological polar surface area (TPSA) is 77.2 Å². The van der Waals surface area contributed by atoms with E-state index in [1.165, 1.54) is 0 Å². The zero-order valence-electron chi connectivity index (χ0n) is 11.9. The molecule has 0 aliphatic carbocycles. The number of carboxylic acids is 1. The maximum atomic E-state index is 10.6. The number of benzene rings is 1. The molecule has 6 nitrogen and oxygen atoms in total. The number of rotatable bonds is 5. The van der Waals surface area contributed by atoms with E-state index in [4.69, 9.17) is 21.4 Å². The zero-order valence-corrected chi connectivity index (χ0v) is 12.6. The minimum Gasteiger partial charge on any atom is -0.480 e. The summed E-state index contributed by atoms with van der Waals surface area (Å²) in [5.41, 5.74) is 1.51. The van der Waals surface area contributed by atoms with Gasteiger partial charge in [-0.1, -0.05) is 17.7 Å². The Morgan fingerprint density at radius 3 is 2.78 bits per heavy atom. The highest BCUT2D eigenvalue weighted by Gasteiger charge is 2.11. The van der Waals surface area contributed by atoms with Crippen LogP contribution in [-0.2, 0) is 4.79 Å². The smallest absolute Gasteiger partial charge is 0.341 e. The average molecular weight is 330 g/mol. The van der Waals surface area contributed by atoms with Crippen LogP contribution in [0.2, 0.25) is 5.02 Å². The van der Waals surface area contributed by atoms with E-state index >= 15 is 0 Å². The van der Waals surface area contributed by atoms with Gasteiger partial charge in [-0.25, -0.2) is 9.78 Å². The molecule has 2 aromatic heterocycles. The molecule has 7 heteroatoms. The molecule has 0 aliphatic rings. The number of hydrogen-bond acceptors (Lipinski definition) is 4. The van der Waals surface area contributed by atoms with Gasteiger partial charge < -0.3 is 9.84 Å². The first-order valence-corrected chi connectivity index (χ1v) is 7.12. The molecule has 0 spiro atoms. The van der Waals surface area contributed by atoms with Gasteiger partial charge in [0.25, 0.3) is 0 Å². The van der Waals surface area contributed by atoms with Crippen molar-refractivity contribution < 1.29 is 14.6 Å². The molecule has 0 radical (unpaired) electrons. The van der Waals surface area contributed by atoms with Crippen LogP contribution in [0.5, 0.6) is 5.75 Å². The summed E-state index contributed by atoms with van der Waals surface area (Å²) in [5, 5.41) is 8.97. The van der Waals surface area contributed by atoms with Crippen LogP contribution in [0.15, 0.2) is 55.0 Å². The van der Waals surface area contributed by atoms with Crippen molar-refractivity contribution in [2.75, 3.05) is 6.61 Å². The highest BCUT2D eigenvalue weighted by Crippen LogP contribution is 2.28. The van der Waals surface area contributed by atoms with Gasteiger partial charge in [-0.15, -0.1) is 0 Å². The number of halogens is 1. The summed E-state index contributed by atoms with van der Waals surface area (Å²) in [7, 11) is 0. The van der Waals surface area contributed by atoms with Gasteiger partial charge in [0.05, 0.1) is 5.02 Å². The summed E-state index contributed by atoms with van der Waals surface area (Å²) in [4.78, 5) is 19.2. The number of imidazole rings is 1. The fraction of sp³-hybridized carbons (Fsp3) is 0.0625. The van der Waals surface area contributed by atoms with Gasteiger partial charge in [-0.2, -0.15) is 0 Å². The van der Waals surface area contributed by atoms with Crippen molar-refractivity contribution in [2.45, 2.75) is 0 Å². The first-order chi connectivity index (χ1) is 11.1. The number of aromatic nitrogens is 3. The molecule has 1 aromatic carbocycles. The SMILES string of the molecule is O=C(O)COc1ccc(-n2ccnc2-c2ccccn2)cc1Cl. The zero-order chi connectivity index (χ0) is 16.2. The average Bonchev–Trinajstić information content (AvgIpc) is 3.04. The summed E-state index contributed by atoms with van der Waals surface area (Å²) in [5.74, 6) is -0.0598. The van der Waals surface area contributed by atoms with Crippen LogP contribution < -0.4 is 4.74 Å². The monoisotopic (exact) mass is 329 g/mol. The molecular formula is C16H12ClN3O3. The molecule has 23 heavy (non-hydrogen) atoms. The quantitative estimate of drug-likeness (QED) is 0.778. The maximum Gasteiger partial charge on any atom is 0.341 e. The molecule has 0 amide bonds. The van der Waals surface area contributed by atoms with Crippen molar-refractivity contribution in [1.29, 1.82) is 0 Å². The van der Waals surface area contributed by atoms with Gasteiger partial charge in [0.15, 0.2) is 12.4 Å². The number of nitrogens with zero attached hydrogens (tertiary/aromatic N) is 3. The third-order valence-electron chi connectivity index (χ3n) is 3.08. The van der Waals surface area contributed by atoms with Crippen molar-refractivity contribution in [3.8, 4) is 23.0 Å². The van der Waals surface area contributed by atoms with Crippen molar-refractivity contribution >= 4 is 17.6 Å². The molecule has 0 unspecified atom stereocenters. The highest BCUT2D eigenvalue weighted by molar-refractivity contribution is 6.32. The summed E-state index contributed by atoms with van der Waals surface area (Å²) >= 11 is 6.16. The third kappa shape index (κ3) is 3.32. The van der Waals surface area contributed by atoms with E-state index in [0.29, 0.717) is 16.6 Å². The van der Waals surface area contributed by atoms with E-state index < -0.39 is 12.6 Å². The van der Waals surface area contributed by atoms with Crippen LogP contribution in [0, 0.1) is 0 Å². The molecule has 1 N–H and O–H groups in total. The number of aliphatic carboxylic acids is 1. The molecule has 2 heterocycles. The van der Waals surface area contributed by atoms with Gasteiger partial charge >= 0.3 is 5.97 Å². The van der Waals surface area contributed by atoms with Crippen LogP contribution in [0.25, 0.3) is 17.2 Å². The number of carbonyl (C=O) groups is 1. The number of hydrogen-bond donors (Lipinski definition) is 1. The lowest BCUT2D eigenvalue weighted by Gasteiger charge is -2.10. The molecule has 0 saturated carbocycles. The lowest BCUT2D eigenvalue weighted by atomic mass is 10.2. The fourth-order valence-corrected chi connectivity index (χ4v) is 2.32. The van der Waals surface area contributed by atoms with E-state index in [1.807, 2.05) is 22.8 Å². The Balaban J connectivity index is 1.93. The molecule has 0 atom stereocenters. The fourth-order valence-electron chi connectivity index (χ4n) is 2.09. The predicted molar refractivity (Wildman–Crippen MR) is 84.9 cm³/mol. The Morgan fingerprint density at radius 1 is 1.22 bits per heavy atom. The van der Waals surface area contributed by atoms with Crippen LogP contribution in [0.1, 0.15) is 0 Å². The van der Waals surface area contributed by atoms with Crippen LogP contribution in [0.4, 0.5) is 0 Å². The molecule has 3 rings (SSSR count). The van der Waals surface area contributed by atoms with Gasteiger partial charge in [0.1, 0.15) is 11.4 Å². The lowest BCUT2D eigenvalue weighted by molar-refractivity contribution is -0.139.